The minimum atomic E-state index is -0.318. The molecule has 1 atom stereocenters. The van der Waals surface area contributed by atoms with Crippen LogP contribution in [0.15, 0.2) is 88.7 Å². The minimum Gasteiger partial charge on any atom is -0.463 e. The molecule has 3 heterocycles. The van der Waals surface area contributed by atoms with E-state index in [9.17, 15) is 4.79 Å². The minimum absolute atomic E-state index is 0.148. The van der Waals surface area contributed by atoms with Crippen molar-refractivity contribution in [2.24, 2.45) is 5.10 Å². The number of para-hydroxylation sites is 1. The maximum atomic E-state index is 12.5. The van der Waals surface area contributed by atoms with Crippen molar-refractivity contribution in [3.63, 3.8) is 0 Å². The van der Waals surface area contributed by atoms with Crippen LogP contribution in [0.4, 0.5) is 0 Å². The Labute approximate surface area is 184 Å². The van der Waals surface area contributed by atoms with E-state index in [0.29, 0.717) is 22.9 Å². The first kappa shape index (κ1) is 19.3. The number of hydrazone groups is 1. The van der Waals surface area contributed by atoms with E-state index in [0.717, 1.165) is 22.5 Å². The van der Waals surface area contributed by atoms with Crippen molar-refractivity contribution in [1.29, 1.82) is 0 Å². The van der Waals surface area contributed by atoms with Crippen molar-refractivity contribution >= 4 is 23.2 Å². The highest BCUT2D eigenvalue weighted by Crippen LogP contribution is 2.39. The highest BCUT2D eigenvalue weighted by molar-refractivity contribution is 6.34. The summed E-state index contributed by atoms with van der Waals surface area (Å²) in [6.07, 6.45) is 4.08. The Bertz CT molecular complexity index is 1260. The zero-order chi connectivity index (χ0) is 21.4. The lowest BCUT2D eigenvalue weighted by Gasteiger charge is -2.19. The van der Waals surface area contributed by atoms with E-state index in [1.54, 1.807) is 10.9 Å². The zero-order valence-corrected chi connectivity index (χ0v) is 17.5. The molecule has 1 aliphatic rings. The van der Waals surface area contributed by atoms with Gasteiger partial charge in [0.05, 0.1) is 23.7 Å². The molecule has 2 aromatic heterocycles. The summed E-state index contributed by atoms with van der Waals surface area (Å²) in [5.74, 6) is 0.490. The molecule has 5 rings (SSSR count). The number of amides is 1. The molecule has 0 N–H and O–H groups in total. The number of hydrogen-bond donors (Lipinski definition) is 0. The van der Waals surface area contributed by atoms with Crippen LogP contribution in [0, 0.1) is 0 Å². The molecular formula is C24H19ClN4O2. The molecule has 7 heteroatoms. The number of rotatable bonds is 4. The predicted molar refractivity (Wildman–Crippen MR) is 119 cm³/mol. The molecule has 4 aromatic rings. The van der Waals surface area contributed by atoms with Crippen molar-refractivity contribution < 1.29 is 9.21 Å². The van der Waals surface area contributed by atoms with Gasteiger partial charge < -0.3 is 4.42 Å². The van der Waals surface area contributed by atoms with Gasteiger partial charge in [0.2, 0.25) is 5.91 Å². The third-order valence-corrected chi connectivity index (χ3v) is 5.62. The predicted octanol–water partition coefficient (Wildman–Crippen LogP) is 5.48. The Balaban J connectivity index is 1.61. The summed E-state index contributed by atoms with van der Waals surface area (Å²) in [4.78, 5) is 12.5. The van der Waals surface area contributed by atoms with Crippen LogP contribution in [0.25, 0.3) is 17.1 Å². The van der Waals surface area contributed by atoms with Crippen molar-refractivity contribution in [2.75, 3.05) is 0 Å². The molecular weight excluding hydrogens is 412 g/mol. The van der Waals surface area contributed by atoms with Gasteiger partial charge in [-0.3, -0.25) is 4.79 Å². The molecule has 6 nitrogen and oxygen atoms in total. The molecule has 1 amide bonds. The van der Waals surface area contributed by atoms with E-state index in [4.69, 9.17) is 21.1 Å². The second-order valence-electron chi connectivity index (χ2n) is 7.30. The maximum Gasteiger partial charge on any atom is 0.240 e. The van der Waals surface area contributed by atoms with Crippen LogP contribution in [0.2, 0.25) is 5.02 Å². The van der Waals surface area contributed by atoms with Gasteiger partial charge >= 0.3 is 0 Å². The number of halogens is 1. The van der Waals surface area contributed by atoms with Crippen LogP contribution in [0.5, 0.6) is 0 Å². The van der Waals surface area contributed by atoms with Gasteiger partial charge in [-0.2, -0.15) is 10.2 Å². The number of benzene rings is 2. The molecule has 1 aliphatic heterocycles. The molecule has 0 bridgehead atoms. The first-order valence-electron chi connectivity index (χ1n) is 9.93. The van der Waals surface area contributed by atoms with Gasteiger partial charge in [0.1, 0.15) is 5.69 Å². The van der Waals surface area contributed by atoms with Gasteiger partial charge in [0, 0.05) is 35.7 Å². The number of hydrogen-bond acceptors (Lipinski definition) is 4. The normalized spacial score (nSPS) is 15.9. The first-order chi connectivity index (χ1) is 15.1. The van der Waals surface area contributed by atoms with Crippen LogP contribution in [0.1, 0.15) is 30.5 Å². The molecule has 0 saturated heterocycles. The van der Waals surface area contributed by atoms with E-state index in [1.165, 1.54) is 11.9 Å². The fourth-order valence-corrected chi connectivity index (χ4v) is 4.09. The van der Waals surface area contributed by atoms with Gasteiger partial charge in [0.15, 0.2) is 5.76 Å². The lowest BCUT2D eigenvalue weighted by Crippen LogP contribution is -2.24. The van der Waals surface area contributed by atoms with E-state index in [-0.39, 0.29) is 11.9 Å². The number of furan rings is 1. The van der Waals surface area contributed by atoms with Crippen molar-refractivity contribution in [3.05, 3.63) is 95.3 Å². The molecule has 154 valence electrons. The van der Waals surface area contributed by atoms with Gasteiger partial charge in [-0.25, -0.2) is 9.69 Å². The largest absolute Gasteiger partial charge is 0.463 e. The second-order valence-corrected chi connectivity index (χ2v) is 7.71. The maximum absolute atomic E-state index is 12.5. The van der Waals surface area contributed by atoms with Gasteiger partial charge in [0.25, 0.3) is 0 Å². The summed E-state index contributed by atoms with van der Waals surface area (Å²) in [6.45, 7) is 1.51. The number of aromatic nitrogens is 2. The summed E-state index contributed by atoms with van der Waals surface area (Å²) in [7, 11) is 0. The van der Waals surface area contributed by atoms with Crippen molar-refractivity contribution in [1.82, 2.24) is 14.8 Å². The molecule has 0 radical (unpaired) electrons. The summed E-state index contributed by atoms with van der Waals surface area (Å²) in [5.41, 5.74) is 4.05. The Kier molecular flexibility index (Phi) is 4.92. The Morgan fingerprint density at radius 1 is 1.06 bits per heavy atom. The summed E-state index contributed by atoms with van der Waals surface area (Å²) in [5, 5.41) is 11.5. The molecule has 0 unspecified atom stereocenters. The van der Waals surface area contributed by atoms with Crippen molar-refractivity contribution in [3.8, 4) is 17.1 Å². The van der Waals surface area contributed by atoms with Crippen LogP contribution in [-0.2, 0) is 4.79 Å². The third kappa shape index (κ3) is 3.55. The van der Waals surface area contributed by atoms with Crippen molar-refractivity contribution in [2.45, 2.75) is 19.4 Å². The topological polar surface area (TPSA) is 63.6 Å². The standard InChI is InChI=1S/C24H19ClN4O2/c1-16(30)29-22(14-21(26-29)18-10-5-6-11-20(18)25)19-15-28(17-8-3-2-4-9-17)27-24(19)23-12-7-13-31-23/h2-13,15,22H,14H2,1H3/t22-/m1/s1. The summed E-state index contributed by atoms with van der Waals surface area (Å²) >= 11 is 6.41. The summed E-state index contributed by atoms with van der Waals surface area (Å²) < 4.78 is 7.46. The highest BCUT2D eigenvalue weighted by atomic mass is 35.5. The van der Waals surface area contributed by atoms with E-state index < -0.39 is 0 Å². The Morgan fingerprint density at radius 3 is 2.55 bits per heavy atom. The zero-order valence-electron chi connectivity index (χ0n) is 16.8. The average molecular weight is 431 g/mol. The monoisotopic (exact) mass is 430 g/mol. The lowest BCUT2D eigenvalue weighted by atomic mass is 9.98. The lowest BCUT2D eigenvalue weighted by molar-refractivity contribution is -0.130. The van der Waals surface area contributed by atoms with Crippen LogP contribution >= 0.6 is 11.6 Å². The van der Waals surface area contributed by atoms with E-state index >= 15 is 0 Å². The average Bonchev–Trinajstić information content (AvgIpc) is 3.53. The Hall–Kier alpha value is -3.64. The van der Waals surface area contributed by atoms with Gasteiger partial charge in [-0.1, -0.05) is 48.0 Å². The molecule has 0 spiro atoms. The molecule has 0 fully saturated rings. The molecule has 0 aliphatic carbocycles. The third-order valence-electron chi connectivity index (χ3n) is 5.29. The fourth-order valence-electron chi connectivity index (χ4n) is 3.85. The van der Waals surface area contributed by atoms with Crippen LogP contribution < -0.4 is 0 Å². The van der Waals surface area contributed by atoms with E-state index in [1.807, 2.05) is 72.9 Å². The van der Waals surface area contributed by atoms with E-state index in [2.05, 4.69) is 5.10 Å². The highest BCUT2D eigenvalue weighted by Gasteiger charge is 2.35. The number of carbonyl (C=O) groups excluding carboxylic acids is 1. The Morgan fingerprint density at radius 2 is 1.84 bits per heavy atom. The molecule has 31 heavy (non-hydrogen) atoms. The first-order valence-corrected chi connectivity index (χ1v) is 10.3. The quantitative estimate of drug-likeness (QED) is 0.430. The van der Waals surface area contributed by atoms with Crippen LogP contribution in [-0.4, -0.2) is 26.4 Å². The van der Waals surface area contributed by atoms with Gasteiger partial charge in [-0.05, 0) is 30.3 Å². The summed E-state index contributed by atoms with van der Waals surface area (Å²) in [6, 6.07) is 20.7. The molecule has 2 aromatic carbocycles. The van der Waals surface area contributed by atoms with Crippen LogP contribution in [0.3, 0.4) is 0 Å². The molecule has 0 saturated carbocycles. The second kappa shape index (κ2) is 7.89. The van der Waals surface area contributed by atoms with Gasteiger partial charge in [-0.15, -0.1) is 0 Å². The number of nitrogens with zero attached hydrogens (tertiary/aromatic N) is 4. The SMILES string of the molecule is CC(=O)N1N=C(c2ccccc2Cl)C[C@@H]1c1cn(-c2ccccc2)nc1-c1ccco1. The number of carbonyl (C=O) groups is 1. The fraction of sp³-hybridized carbons (Fsp3) is 0.125. The smallest absolute Gasteiger partial charge is 0.240 e.